The average molecular weight is 361 g/mol. The van der Waals surface area contributed by atoms with Gasteiger partial charge in [-0.15, -0.1) is 0 Å². The van der Waals surface area contributed by atoms with Gasteiger partial charge in [-0.2, -0.15) is 0 Å². The number of aryl methyl sites for hydroxylation is 1. The van der Waals surface area contributed by atoms with Crippen molar-refractivity contribution in [1.82, 2.24) is 5.32 Å². The van der Waals surface area contributed by atoms with E-state index in [-0.39, 0.29) is 4.90 Å². The predicted molar refractivity (Wildman–Crippen MR) is 96.9 cm³/mol. The second-order valence-electron chi connectivity index (χ2n) is 6.24. The van der Waals surface area contributed by atoms with E-state index < -0.39 is 15.3 Å². The van der Waals surface area contributed by atoms with Crippen LogP contribution in [0.4, 0.5) is 0 Å². The van der Waals surface area contributed by atoms with Crippen molar-refractivity contribution in [2.45, 2.75) is 37.1 Å². The number of methoxy groups -OCH3 is 1. The average Bonchev–Trinajstić information content (AvgIpc) is 2.61. The first-order valence-corrected chi connectivity index (χ1v) is 9.84. The molecule has 25 heavy (non-hydrogen) atoms. The SMILES string of the molecule is COc1cc2c(cc1OC(C)S(=O)(=O)c1ccc(C)cc1)CCNC2. The zero-order chi connectivity index (χ0) is 18.0. The van der Waals surface area contributed by atoms with Crippen LogP contribution in [0.3, 0.4) is 0 Å². The number of nitrogens with one attached hydrogen (secondary N) is 1. The summed E-state index contributed by atoms with van der Waals surface area (Å²) in [6, 6.07) is 10.6. The molecule has 0 fully saturated rings. The van der Waals surface area contributed by atoms with Gasteiger partial charge >= 0.3 is 0 Å². The van der Waals surface area contributed by atoms with Gasteiger partial charge in [-0.05, 0) is 62.2 Å². The van der Waals surface area contributed by atoms with Crippen LogP contribution in [0.25, 0.3) is 0 Å². The molecule has 0 saturated heterocycles. The summed E-state index contributed by atoms with van der Waals surface area (Å²) < 4.78 is 36.7. The molecule has 0 amide bonds. The van der Waals surface area contributed by atoms with E-state index in [0.29, 0.717) is 11.5 Å². The second-order valence-corrected chi connectivity index (χ2v) is 8.47. The summed E-state index contributed by atoms with van der Waals surface area (Å²) in [5.74, 6) is 1.01. The summed E-state index contributed by atoms with van der Waals surface area (Å²) in [5, 5.41) is 3.31. The van der Waals surface area contributed by atoms with Crippen LogP contribution >= 0.6 is 0 Å². The molecular formula is C19H23NO4S. The van der Waals surface area contributed by atoms with E-state index >= 15 is 0 Å². The fraction of sp³-hybridized carbons (Fsp3) is 0.368. The monoisotopic (exact) mass is 361 g/mol. The van der Waals surface area contributed by atoms with E-state index in [0.717, 1.165) is 36.2 Å². The van der Waals surface area contributed by atoms with Crippen molar-refractivity contribution in [2.75, 3.05) is 13.7 Å². The molecular weight excluding hydrogens is 338 g/mol. The number of fused-ring (bicyclic) bond motifs is 1. The maximum atomic E-state index is 12.8. The number of rotatable bonds is 5. The zero-order valence-electron chi connectivity index (χ0n) is 14.7. The first kappa shape index (κ1) is 17.8. The minimum Gasteiger partial charge on any atom is -0.493 e. The van der Waals surface area contributed by atoms with Gasteiger partial charge in [-0.25, -0.2) is 8.42 Å². The Morgan fingerprint density at radius 3 is 2.44 bits per heavy atom. The Labute approximate surface area is 148 Å². The van der Waals surface area contributed by atoms with Crippen LogP contribution in [0.1, 0.15) is 23.6 Å². The highest BCUT2D eigenvalue weighted by Gasteiger charge is 2.26. The highest BCUT2D eigenvalue weighted by molar-refractivity contribution is 7.91. The Morgan fingerprint density at radius 1 is 1.08 bits per heavy atom. The van der Waals surface area contributed by atoms with Crippen molar-refractivity contribution >= 4 is 9.84 Å². The summed E-state index contributed by atoms with van der Waals surface area (Å²) in [4.78, 5) is 0.256. The van der Waals surface area contributed by atoms with Crippen LogP contribution in [-0.4, -0.2) is 27.5 Å². The smallest absolute Gasteiger partial charge is 0.215 e. The van der Waals surface area contributed by atoms with E-state index in [1.54, 1.807) is 38.3 Å². The van der Waals surface area contributed by atoms with Crippen LogP contribution in [-0.2, 0) is 22.8 Å². The largest absolute Gasteiger partial charge is 0.493 e. The van der Waals surface area contributed by atoms with E-state index in [1.165, 1.54) is 0 Å². The van der Waals surface area contributed by atoms with Crippen molar-refractivity contribution in [3.05, 3.63) is 53.1 Å². The fourth-order valence-corrected chi connectivity index (χ4v) is 4.03. The maximum Gasteiger partial charge on any atom is 0.215 e. The Bertz CT molecular complexity index is 860. The topological polar surface area (TPSA) is 64.6 Å². The minimum atomic E-state index is -3.59. The predicted octanol–water partition coefficient (Wildman–Crippen LogP) is 2.85. The Morgan fingerprint density at radius 2 is 1.76 bits per heavy atom. The van der Waals surface area contributed by atoms with Crippen molar-refractivity contribution in [2.24, 2.45) is 0 Å². The van der Waals surface area contributed by atoms with Gasteiger partial charge in [-0.3, -0.25) is 0 Å². The highest BCUT2D eigenvalue weighted by atomic mass is 32.2. The third-order valence-corrected chi connectivity index (χ3v) is 6.35. The van der Waals surface area contributed by atoms with Crippen molar-refractivity contribution in [3.8, 4) is 11.5 Å². The summed E-state index contributed by atoms with van der Waals surface area (Å²) in [5.41, 5.74) is 2.32. The van der Waals surface area contributed by atoms with Crippen LogP contribution in [0.5, 0.6) is 11.5 Å². The molecule has 1 unspecified atom stereocenters. The molecule has 6 heteroatoms. The lowest BCUT2D eigenvalue weighted by atomic mass is 10.0. The van der Waals surface area contributed by atoms with Gasteiger partial charge in [0.2, 0.25) is 15.3 Å². The summed E-state index contributed by atoms with van der Waals surface area (Å²) in [6.07, 6.45) is 0.884. The van der Waals surface area contributed by atoms with E-state index in [2.05, 4.69) is 5.32 Å². The second kappa shape index (κ2) is 7.06. The molecule has 3 rings (SSSR count). The fourth-order valence-electron chi connectivity index (χ4n) is 2.90. The lowest BCUT2D eigenvalue weighted by Gasteiger charge is -2.22. The summed E-state index contributed by atoms with van der Waals surface area (Å²) >= 11 is 0. The molecule has 134 valence electrons. The zero-order valence-corrected chi connectivity index (χ0v) is 15.5. The Kier molecular flexibility index (Phi) is 5.01. The molecule has 5 nitrogen and oxygen atoms in total. The molecule has 0 aromatic heterocycles. The quantitative estimate of drug-likeness (QED) is 0.887. The summed E-state index contributed by atoms with van der Waals surface area (Å²) in [7, 11) is -2.03. The van der Waals surface area contributed by atoms with Crippen LogP contribution < -0.4 is 14.8 Å². The van der Waals surface area contributed by atoms with Gasteiger partial charge in [0.05, 0.1) is 12.0 Å². The minimum absolute atomic E-state index is 0.256. The number of benzene rings is 2. The van der Waals surface area contributed by atoms with E-state index in [1.807, 2.05) is 19.1 Å². The van der Waals surface area contributed by atoms with Gasteiger partial charge < -0.3 is 14.8 Å². The van der Waals surface area contributed by atoms with Crippen molar-refractivity contribution < 1.29 is 17.9 Å². The first-order valence-electron chi connectivity index (χ1n) is 8.29. The molecule has 1 aliphatic heterocycles. The number of hydrogen-bond donors (Lipinski definition) is 1. The van der Waals surface area contributed by atoms with Gasteiger partial charge in [0.25, 0.3) is 0 Å². The van der Waals surface area contributed by atoms with Gasteiger partial charge in [0.1, 0.15) is 0 Å². The number of sulfone groups is 1. The molecule has 0 bridgehead atoms. The molecule has 0 saturated carbocycles. The van der Waals surface area contributed by atoms with Crippen LogP contribution in [0.15, 0.2) is 41.3 Å². The third-order valence-electron chi connectivity index (χ3n) is 4.45. The first-order chi connectivity index (χ1) is 11.9. The maximum absolute atomic E-state index is 12.8. The van der Waals surface area contributed by atoms with Gasteiger partial charge in [0, 0.05) is 6.54 Å². The standard InChI is InChI=1S/C19H23NO4S/c1-13-4-6-17(7-5-13)25(21,22)14(2)24-19-10-15-8-9-20-12-16(15)11-18(19)23-3/h4-7,10-11,14,20H,8-9,12H2,1-3H3. The van der Waals surface area contributed by atoms with Crippen LogP contribution in [0.2, 0.25) is 0 Å². The Balaban J connectivity index is 1.89. The normalized spacial score (nSPS) is 15.3. The number of hydrogen-bond acceptors (Lipinski definition) is 5. The van der Waals surface area contributed by atoms with E-state index in [4.69, 9.17) is 9.47 Å². The molecule has 0 radical (unpaired) electrons. The molecule has 1 aliphatic rings. The van der Waals surface area contributed by atoms with E-state index in [9.17, 15) is 8.42 Å². The molecule has 2 aromatic carbocycles. The van der Waals surface area contributed by atoms with Gasteiger partial charge in [-0.1, -0.05) is 17.7 Å². The molecule has 1 N–H and O–H groups in total. The third kappa shape index (κ3) is 3.65. The van der Waals surface area contributed by atoms with Crippen LogP contribution in [0, 0.1) is 6.92 Å². The van der Waals surface area contributed by atoms with Gasteiger partial charge in [0.15, 0.2) is 11.5 Å². The molecule has 1 heterocycles. The van der Waals surface area contributed by atoms with Crippen molar-refractivity contribution in [1.29, 1.82) is 0 Å². The molecule has 0 aliphatic carbocycles. The number of ether oxygens (including phenoxy) is 2. The summed E-state index contributed by atoms with van der Waals surface area (Å²) in [6.45, 7) is 5.15. The molecule has 1 atom stereocenters. The molecule has 0 spiro atoms. The van der Waals surface area contributed by atoms with Crippen molar-refractivity contribution in [3.63, 3.8) is 0 Å². The lowest BCUT2D eigenvalue weighted by Crippen LogP contribution is -2.26. The lowest BCUT2D eigenvalue weighted by molar-refractivity contribution is 0.273. The Hall–Kier alpha value is -2.05. The highest BCUT2D eigenvalue weighted by Crippen LogP contribution is 2.34. The molecule has 2 aromatic rings.